The zero-order valence-electron chi connectivity index (χ0n) is 15.3. The summed E-state index contributed by atoms with van der Waals surface area (Å²) in [5, 5.41) is 7.72. The first kappa shape index (κ1) is 17.1. The van der Waals surface area contributed by atoms with E-state index >= 15 is 0 Å². The summed E-state index contributed by atoms with van der Waals surface area (Å²) in [6.07, 6.45) is 9.55. The number of aryl methyl sites for hydroxylation is 1. The highest BCUT2D eigenvalue weighted by Gasteiger charge is 2.43. The van der Waals surface area contributed by atoms with Crippen molar-refractivity contribution < 1.29 is 4.74 Å². The average Bonchev–Trinajstić information content (AvgIpc) is 3.14. The Morgan fingerprint density at radius 2 is 2.23 bits per heavy atom. The van der Waals surface area contributed by atoms with E-state index in [1.165, 1.54) is 24.0 Å². The molecule has 0 radical (unpaired) electrons. The van der Waals surface area contributed by atoms with Crippen molar-refractivity contribution in [1.29, 1.82) is 0 Å². The maximum absolute atomic E-state index is 6.25. The maximum atomic E-state index is 6.25. The molecule has 0 saturated heterocycles. The predicted molar refractivity (Wildman–Crippen MR) is 103 cm³/mol. The Bertz CT molecular complexity index is 771. The fourth-order valence-corrected chi connectivity index (χ4v) is 4.13. The molecule has 0 aliphatic heterocycles. The lowest BCUT2D eigenvalue weighted by Crippen LogP contribution is -2.49. The van der Waals surface area contributed by atoms with Crippen LogP contribution >= 0.6 is 0 Å². The third-order valence-electron chi connectivity index (χ3n) is 5.42. The lowest BCUT2D eigenvalue weighted by Gasteiger charge is -2.42. The monoisotopic (exact) mass is 353 g/mol. The van der Waals surface area contributed by atoms with Gasteiger partial charge in [0.25, 0.3) is 0 Å². The van der Waals surface area contributed by atoms with Crippen LogP contribution in [-0.2, 0) is 17.6 Å². The SMILES string of the molecule is CCOC1CC(N=C(N)Nc2cccc3c2CCCC3)C1n1cccn1. The topological polar surface area (TPSA) is 77.5 Å². The van der Waals surface area contributed by atoms with E-state index in [0.29, 0.717) is 12.6 Å². The molecule has 3 unspecified atom stereocenters. The summed E-state index contributed by atoms with van der Waals surface area (Å²) in [6.45, 7) is 2.72. The van der Waals surface area contributed by atoms with Gasteiger partial charge in [-0.2, -0.15) is 5.10 Å². The zero-order chi connectivity index (χ0) is 17.9. The number of ether oxygens (including phenoxy) is 1. The third-order valence-corrected chi connectivity index (χ3v) is 5.42. The van der Waals surface area contributed by atoms with Gasteiger partial charge >= 0.3 is 0 Å². The normalized spacial score (nSPS) is 25.4. The molecule has 6 heteroatoms. The highest BCUT2D eigenvalue weighted by atomic mass is 16.5. The Morgan fingerprint density at radius 1 is 1.35 bits per heavy atom. The van der Waals surface area contributed by atoms with E-state index in [1.54, 1.807) is 6.20 Å². The van der Waals surface area contributed by atoms with Crippen LogP contribution in [0, 0.1) is 0 Å². The molecular formula is C20H27N5O. The van der Waals surface area contributed by atoms with Crippen molar-refractivity contribution in [2.24, 2.45) is 10.7 Å². The van der Waals surface area contributed by atoms with E-state index in [9.17, 15) is 0 Å². The van der Waals surface area contributed by atoms with Crippen LogP contribution < -0.4 is 11.1 Å². The largest absolute Gasteiger partial charge is 0.376 e. The zero-order valence-corrected chi connectivity index (χ0v) is 15.3. The quantitative estimate of drug-likeness (QED) is 0.640. The second-order valence-corrected chi connectivity index (χ2v) is 7.06. The molecule has 1 aromatic carbocycles. The summed E-state index contributed by atoms with van der Waals surface area (Å²) < 4.78 is 7.77. The van der Waals surface area contributed by atoms with Gasteiger partial charge in [-0.1, -0.05) is 12.1 Å². The number of guanidine groups is 1. The van der Waals surface area contributed by atoms with Gasteiger partial charge in [0.05, 0.1) is 12.1 Å². The Balaban J connectivity index is 1.50. The van der Waals surface area contributed by atoms with E-state index in [2.05, 4.69) is 28.6 Å². The summed E-state index contributed by atoms with van der Waals surface area (Å²) in [7, 11) is 0. The fourth-order valence-electron chi connectivity index (χ4n) is 4.13. The second kappa shape index (κ2) is 7.50. The van der Waals surface area contributed by atoms with Crippen molar-refractivity contribution in [2.75, 3.05) is 11.9 Å². The molecule has 3 atom stereocenters. The summed E-state index contributed by atoms with van der Waals surface area (Å²) in [5.41, 5.74) is 10.2. The number of rotatable bonds is 5. The molecule has 6 nitrogen and oxygen atoms in total. The smallest absolute Gasteiger partial charge is 0.193 e. The van der Waals surface area contributed by atoms with E-state index in [4.69, 9.17) is 15.5 Å². The molecule has 2 aliphatic carbocycles. The number of aliphatic imine (C=N–C) groups is 1. The highest BCUT2D eigenvalue weighted by Crippen LogP contribution is 2.37. The Morgan fingerprint density at radius 3 is 3.04 bits per heavy atom. The Labute approximate surface area is 154 Å². The molecule has 26 heavy (non-hydrogen) atoms. The van der Waals surface area contributed by atoms with Crippen molar-refractivity contribution in [3.8, 4) is 0 Å². The molecule has 4 rings (SSSR count). The van der Waals surface area contributed by atoms with Gasteiger partial charge in [0.2, 0.25) is 0 Å². The summed E-state index contributed by atoms with van der Waals surface area (Å²) in [6, 6.07) is 8.54. The lowest BCUT2D eigenvalue weighted by atomic mass is 9.83. The van der Waals surface area contributed by atoms with Crippen LogP contribution in [0.25, 0.3) is 0 Å². The highest BCUT2D eigenvalue weighted by molar-refractivity contribution is 5.93. The van der Waals surface area contributed by atoms with Gasteiger partial charge in [0, 0.05) is 31.1 Å². The summed E-state index contributed by atoms with van der Waals surface area (Å²) >= 11 is 0. The van der Waals surface area contributed by atoms with Crippen LogP contribution in [0.3, 0.4) is 0 Å². The predicted octanol–water partition coefficient (Wildman–Crippen LogP) is 2.91. The van der Waals surface area contributed by atoms with Gasteiger partial charge < -0.3 is 15.8 Å². The molecule has 0 amide bonds. The first-order valence-electron chi connectivity index (χ1n) is 9.58. The Hall–Kier alpha value is -2.34. The lowest BCUT2D eigenvalue weighted by molar-refractivity contribution is -0.0505. The van der Waals surface area contributed by atoms with Crippen LogP contribution in [0.15, 0.2) is 41.7 Å². The standard InChI is InChI=1S/C20H27N5O/c1-2-26-18-13-17(19(18)25-12-6-11-22-25)24-20(21)23-16-10-5-8-14-7-3-4-9-15(14)16/h5-6,8,10-12,17-19H,2-4,7,9,13H2,1H3,(H3,21,23,24). The third kappa shape index (κ3) is 3.33. The van der Waals surface area contributed by atoms with Crippen LogP contribution in [0.4, 0.5) is 5.69 Å². The molecule has 3 N–H and O–H groups in total. The average molecular weight is 353 g/mol. The molecule has 2 aliphatic rings. The van der Waals surface area contributed by atoms with Crippen LogP contribution in [-0.4, -0.2) is 34.5 Å². The minimum atomic E-state index is 0.0819. The van der Waals surface area contributed by atoms with Crippen LogP contribution in [0.2, 0.25) is 0 Å². The van der Waals surface area contributed by atoms with E-state index < -0.39 is 0 Å². The number of hydrogen-bond donors (Lipinski definition) is 2. The second-order valence-electron chi connectivity index (χ2n) is 7.06. The first-order chi connectivity index (χ1) is 12.8. The van der Waals surface area contributed by atoms with Gasteiger partial charge in [-0.3, -0.25) is 4.68 Å². The van der Waals surface area contributed by atoms with Crippen LogP contribution in [0.5, 0.6) is 0 Å². The van der Waals surface area contributed by atoms with E-state index in [1.807, 2.05) is 23.9 Å². The molecular weight excluding hydrogens is 326 g/mol. The number of aromatic nitrogens is 2. The van der Waals surface area contributed by atoms with Gasteiger partial charge in [0.1, 0.15) is 6.04 Å². The minimum absolute atomic E-state index is 0.0819. The molecule has 0 bridgehead atoms. The first-order valence-corrected chi connectivity index (χ1v) is 9.58. The van der Waals surface area contributed by atoms with Gasteiger partial charge in [-0.15, -0.1) is 0 Å². The van der Waals surface area contributed by atoms with Crippen molar-refractivity contribution in [3.05, 3.63) is 47.8 Å². The molecule has 138 valence electrons. The van der Waals surface area contributed by atoms with Crippen LogP contribution in [0.1, 0.15) is 43.4 Å². The number of benzene rings is 1. The summed E-state index contributed by atoms with van der Waals surface area (Å²) in [4.78, 5) is 4.74. The number of hydrogen-bond acceptors (Lipinski definition) is 3. The molecule has 2 aromatic rings. The summed E-state index contributed by atoms with van der Waals surface area (Å²) in [5.74, 6) is 0.473. The van der Waals surface area contributed by atoms with Gasteiger partial charge in [-0.25, -0.2) is 4.99 Å². The van der Waals surface area contributed by atoms with Gasteiger partial charge in [-0.05, 0) is 55.9 Å². The number of anilines is 1. The number of nitrogens with two attached hydrogens (primary N) is 1. The molecule has 0 spiro atoms. The maximum Gasteiger partial charge on any atom is 0.193 e. The van der Waals surface area contributed by atoms with Crippen molar-refractivity contribution in [3.63, 3.8) is 0 Å². The van der Waals surface area contributed by atoms with E-state index in [-0.39, 0.29) is 18.2 Å². The van der Waals surface area contributed by atoms with Gasteiger partial charge in [0.15, 0.2) is 5.96 Å². The molecule has 1 fully saturated rings. The molecule has 1 aromatic heterocycles. The van der Waals surface area contributed by atoms with Crippen molar-refractivity contribution in [1.82, 2.24) is 9.78 Å². The number of nitrogens with one attached hydrogen (secondary N) is 1. The number of fused-ring (bicyclic) bond motifs is 1. The van der Waals surface area contributed by atoms with Crippen molar-refractivity contribution >= 4 is 11.6 Å². The molecule has 1 saturated carbocycles. The fraction of sp³-hybridized carbons (Fsp3) is 0.500. The Kier molecular flexibility index (Phi) is 4.93. The molecule has 1 heterocycles. The number of nitrogens with zero attached hydrogens (tertiary/aromatic N) is 3. The minimum Gasteiger partial charge on any atom is -0.376 e. The van der Waals surface area contributed by atoms with E-state index in [0.717, 1.165) is 24.9 Å². The van der Waals surface area contributed by atoms with Crippen molar-refractivity contribution in [2.45, 2.75) is 57.2 Å².